The second-order valence-electron chi connectivity index (χ2n) is 5.99. The summed E-state index contributed by atoms with van der Waals surface area (Å²) in [7, 11) is 0. The molecule has 122 valence electrons. The number of nitrogens with zero attached hydrogens (tertiary/aromatic N) is 2. The van der Waals surface area contributed by atoms with Gasteiger partial charge in [0.2, 0.25) is 11.8 Å². The van der Waals surface area contributed by atoms with Crippen LogP contribution < -0.4 is 5.32 Å². The maximum absolute atomic E-state index is 12.2. The van der Waals surface area contributed by atoms with Crippen molar-refractivity contribution in [2.24, 2.45) is 0 Å². The van der Waals surface area contributed by atoms with Crippen molar-refractivity contribution in [2.45, 2.75) is 56.0 Å². The number of amides is 1. The molecular weight excluding hydrogens is 310 g/mol. The Kier molecular flexibility index (Phi) is 5.00. The predicted molar refractivity (Wildman–Crippen MR) is 90.2 cm³/mol. The molecule has 3 rings (SSSR count). The lowest BCUT2D eigenvalue weighted by molar-refractivity contribution is -0.120. The minimum Gasteiger partial charge on any atom is -0.411 e. The Hall–Kier alpha value is -1.82. The second-order valence-corrected chi connectivity index (χ2v) is 7.28. The molecule has 1 aliphatic carbocycles. The number of aromatic nitrogens is 2. The molecule has 0 saturated heterocycles. The first kappa shape index (κ1) is 16.1. The number of benzene rings is 1. The van der Waals surface area contributed by atoms with Crippen molar-refractivity contribution < 1.29 is 9.21 Å². The van der Waals surface area contributed by atoms with E-state index in [0.717, 1.165) is 18.4 Å². The molecule has 1 fully saturated rings. The number of rotatable bonds is 5. The maximum atomic E-state index is 12.2. The van der Waals surface area contributed by atoms with Gasteiger partial charge in [0.05, 0.1) is 5.25 Å². The quantitative estimate of drug-likeness (QED) is 0.848. The molecule has 2 aromatic rings. The van der Waals surface area contributed by atoms with Crippen molar-refractivity contribution in [3.63, 3.8) is 0 Å². The zero-order valence-corrected chi connectivity index (χ0v) is 14.2. The average molecular weight is 331 g/mol. The third-order valence-electron chi connectivity index (χ3n) is 4.05. The second kappa shape index (κ2) is 7.17. The number of carbonyl (C=O) groups excluding carboxylic acids is 1. The zero-order valence-electron chi connectivity index (χ0n) is 13.4. The zero-order chi connectivity index (χ0) is 16.2. The van der Waals surface area contributed by atoms with E-state index in [-0.39, 0.29) is 11.2 Å². The highest BCUT2D eigenvalue weighted by Gasteiger charge is 2.23. The lowest BCUT2D eigenvalue weighted by Crippen LogP contribution is -2.37. The van der Waals surface area contributed by atoms with Gasteiger partial charge in [-0.15, -0.1) is 10.2 Å². The van der Waals surface area contributed by atoms with Gasteiger partial charge in [0.15, 0.2) is 0 Å². The number of nitrogens with one attached hydrogen (secondary N) is 1. The van der Waals surface area contributed by atoms with Gasteiger partial charge in [0.1, 0.15) is 0 Å². The Balaban J connectivity index is 1.59. The van der Waals surface area contributed by atoms with Crippen LogP contribution in [0.4, 0.5) is 0 Å². The fourth-order valence-corrected chi connectivity index (χ4v) is 3.36. The highest BCUT2D eigenvalue weighted by atomic mass is 32.2. The lowest BCUT2D eigenvalue weighted by atomic mass is 10.1. The van der Waals surface area contributed by atoms with Crippen LogP contribution in [0.25, 0.3) is 11.5 Å². The van der Waals surface area contributed by atoms with Crippen molar-refractivity contribution in [3.8, 4) is 11.5 Å². The molecule has 6 heteroatoms. The van der Waals surface area contributed by atoms with Gasteiger partial charge in [-0.1, -0.05) is 42.3 Å². The summed E-state index contributed by atoms with van der Waals surface area (Å²) < 4.78 is 5.66. The standard InChI is InChI=1S/C17H21N3O2S/c1-11-7-9-13(10-8-11)16-19-20-17(22-16)23-12(2)15(21)18-14-5-3-4-6-14/h7-10,12,14H,3-6H2,1-2H3,(H,18,21). The minimum atomic E-state index is -0.248. The van der Waals surface area contributed by atoms with E-state index in [0.29, 0.717) is 17.2 Å². The van der Waals surface area contributed by atoms with Gasteiger partial charge >= 0.3 is 0 Å². The van der Waals surface area contributed by atoms with Crippen molar-refractivity contribution in [3.05, 3.63) is 29.8 Å². The minimum absolute atomic E-state index is 0.0389. The first-order valence-electron chi connectivity index (χ1n) is 7.99. The molecule has 1 amide bonds. The van der Waals surface area contributed by atoms with Crippen LogP contribution in [0, 0.1) is 6.92 Å². The van der Waals surface area contributed by atoms with Crippen LogP contribution in [0.5, 0.6) is 0 Å². The van der Waals surface area contributed by atoms with Crippen LogP contribution in [0.3, 0.4) is 0 Å². The van der Waals surface area contributed by atoms with E-state index >= 15 is 0 Å². The van der Waals surface area contributed by atoms with Crippen LogP contribution in [0.1, 0.15) is 38.2 Å². The van der Waals surface area contributed by atoms with Gasteiger partial charge in [-0.25, -0.2) is 0 Å². The Bertz CT molecular complexity index is 663. The maximum Gasteiger partial charge on any atom is 0.277 e. The smallest absolute Gasteiger partial charge is 0.277 e. The summed E-state index contributed by atoms with van der Waals surface area (Å²) in [5.74, 6) is 0.521. The Morgan fingerprint density at radius 2 is 1.96 bits per heavy atom. The molecule has 0 bridgehead atoms. The molecule has 1 atom stereocenters. The van der Waals surface area contributed by atoms with E-state index in [4.69, 9.17) is 4.42 Å². The topological polar surface area (TPSA) is 68.0 Å². The molecule has 0 spiro atoms. The van der Waals surface area contributed by atoms with Gasteiger partial charge in [-0.2, -0.15) is 0 Å². The van der Waals surface area contributed by atoms with Crippen molar-refractivity contribution >= 4 is 17.7 Å². The number of aryl methyl sites for hydroxylation is 1. The number of hydrogen-bond acceptors (Lipinski definition) is 5. The number of thioether (sulfide) groups is 1. The van der Waals surface area contributed by atoms with Crippen LogP contribution in [-0.2, 0) is 4.79 Å². The van der Waals surface area contributed by atoms with Gasteiger partial charge in [0.25, 0.3) is 5.22 Å². The molecule has 0 aliphatic heterocycles. The molecule has 1 aromatic carbocycles. The summed E-state index contributed by atoms with van der Waals surface area (Å²) in [6.45, 7) is 3.90. The third-order valence-corrected chi connectivity index (χ3v) is 4.99. The summed E-state index contributed by atoms with van der Waals surface area (Å²) in [4.78, 5) is 12.2. The molecule has 1 unspecified atom stereocenters. The molecule has 0 radical (unpaired) electrons. The molecule has 5 nitrogen and oxygen atoms in total. The fourth-order valence-electron chi connectivity index (χ4n) is 2.66. The molecular formula is C17H21N3O2S. The first-order valence-corrected chi connectivity index (χ1v) is 8.87. The van der Waals surface area contributed by atoms with Gasteiger partial charge < -0.3 is 9.73 Å². The van der Waals surface area contributed by atoms with E-state index in [9.17, 15) is 4.79 Å². The molecule has 1 N–H and O–H groups in total. The van der Waals surface area contributed by atoms with Crippen LogP contribution in [0.2, 0.25) is 0 Å². The number of hydrogen-bond donors (Lipinski definition) is 1. The van der Waals surface area contributed by atoms with Crippen LogP contribution in [-0.4, -0.2) is 27.4 Å². The first-order chi connectivity index (χ1) is 11.1. The van der Waals surface area contributed by atoms with E-state index in [1.54, 1.807) is 0 Å². The molecule has 1 aromatic heterocycles. The number of carbonyl (C=O) groups is 1. The summed E-state index contributed by atoms with van der Waals surface area (Å²) in [6.07, 6.45) is 4.58. The van der Waals surface area contributed by atoms with E-state index in [1.807, 2.05) is 38.1 Å². The molecule has 1 heterocycles. The highest BCUT2D eigenvalue weighted by Crippen LogP contribution is 2.27. The Morgan fingerprint density at radius 1 is 1.26 bits per heavy atom. The SMILES string of the molecule is Cc1ccc(-c2nnc(SC(C)C(=O)NC3CCCC3)o2)cc1. The van der Waals surface area contributed by atoms with Gasteiger partial charge in [-0.3, -0.25) is 4.79 Å². The van der Waals surface area contributed by atoms with E-state index in [2.05, 4.69) is 15.5 Å². The Labute approximate surface area is 140 Å². The van der Waals surface area contributed by atoms with Crippen molar-refractivity contribution in [2.75, 3.05) is 0 Å². The van der Waals surface area contributed by atoms with Crippen LogP contribution in [0.15, 0.2) is 33.9 Å². The third kappa shape index (κ3) is 4.13. The molecule has 1 saturated carbocycles. The highest BCUT2D eigenvalue weighted by molar-refractivity contribution is 8.00. The van der Waals surface area contributed by atoms with Crippen molar-refractivity contribution in [1.82, 2.24) is 15.5 Å². The molecule has 23 heavy (non-hydrogen) atoms. The summed E-state index contributed by atoms with van der Waals surface area (Å²) in [5, 5.41) is 11.4. The average Bonchev–Trinajstić information content (AvgIpc) is 3.20. The van der Waals surface area contributed by atoms with Gasteiger partial charge in [0, 0.05) is 11.6 Å². The summed E-state index contributed by atoms with van der Waals surface area (Å²) in [5.41, 5.74) is 2.07. The Morgan fingerprint density at radius 3 is 2.65 bits per heavy atom. The largest absolute Gasteiger partial charge is 0.411 e. The van der Waals surface area contributed by atoms with Crippen molar-refractivity contribution in [1.29, 1.82) is 0 Å². The monoisotopic (exact) mass is 331 g/mol. The predicted octanol–water partition coefficient (Wildman–Crippen LogP) is 3.58. The summed E-state index contributed by atoms with van der Waals surface area (Å²) >= 11 is 1.30. The molecule has 1 aliphatic rings. The summed E-state index contributed by atoms with van der Waals surface area (Å²) in [6, 6.07) is 8.24. The van der Waals surface area contributed by atoms with Crippen LogP contribution >= 0.6 is 11.8 Å². The fraction of sp³-hybridized carbons (Fsp3) is 0.471. The van der Waals surface area contributed by atoms with Gasteiger partial charge in [-0.05, 0) is 38.8 Å². The lowest BCUT2D eigenvalue weighted by Gasteiger charge is -2.14. The van der Waals surface area contributed by atoms with E-state index in [1.165, 1.54) is 30.2 Å². The normalized spacial score (nSPS) is 16.4. The van der Waals surface area contributed by atoms with E-state index < -0.39 is 0 Å².